The molecule has 0 aliphatic carbocycles. The van der Waals surface area contributed by atoms with E-state index >= 15 is 0 Å². The van der Waals surface area contributed by atoms with E-state index in [9.17, 15) is 9.59 Å². The van der Waals surface area contributed by atoms with Gasteiger partial charge in [0.1, 0.15) is 35.1 Å². The lowest BCUT2D eigenvalue weighted by Crippen LogP contribution is -2.43. The van der Waals surface area contributed by atoms with E-state index in [2.05, 4.69) is 52.3 Å². The fourth-order valence-electron chi connectivity index (χ4n) is 8.64. The highest BCUT2D eigenvalue weighted by Gasteiger charge is 2.51. The molecular formula is C50H44N3O8P. The number of H-pyrrole nitrogens is 1. The smallest absolute Gasteiger partial charge is 0.330 e. The van der Waals surface area contributed by atoms with Crippen molar-refractivity contribution in [1.29, 1.82) is 0 Å². The van der Waals surface area contributed by atoms with E-state index in [1.807, 2.05) is 97.7 Å². The fourth-order valence-corrected chi connectivity index (χ4v) is 9.80. The minimum absolute atomic E-state index is 0.0312. The molecule has 2 unspecified atom stereocenters. The Balaban J connectivity index is 1.18. The number of hydrogen-bond acceptors (Lipinski definition) is 8. The second-order valence-electron chi connectivity index (χ2n) is 15.2. The van der Waals surface area contributed by atoms with E-state index in [-0.39, 0.29) is 13.2 Å². The van der Waals surface area contributed by atoms with Crippen molar-refractivity contribution < 1.29 is 28.2 Å². The van der Waals surface area contributed by atoms with Crippen LogP contribution in [0.2, 0.25) is 0 Å². The molecule has 1 aliphatic rings. The molecule has 1 aromatic heterocycles. The van der Waals surface area contributed by atoms with Crippen molar-refractivity contribution >= 4 is 40.5 Å². The standard InChI is InChI=1S/C50H44N3O8P/c1-51-28-30-62(4)61-46-42(31-58-50(35-11-6-5-7-12-35,36-17-21-38(56-2)22-18-36)37-19-23-39(57-3)24-20-37)60-48(53-29-27-43(54)52-49(53)55)47(46)59-41-26-16-34-14-13-32-9-8-10-33-15-25-40(41)45(34)44(32)33/h5-27,29,42,46-48H,28,30-31H2,2-4H3,(H,52,54,55)/t42-,46?,47+,48-,62?/m1/s1. The Kier molecular flexibility index (Phi) is 11.5. The van der Waals surface area contributed by atoms with Gasteiger partial charge in [-0.05, 0) is 81.3 Å². The van der Waals surface area contributed by atoms with Gasteiger partial charge in [0.25, 0.3) is 5.56 Å². The molecule has 1 saturated heterocycles. The molecule has 1 N–H and O–H groups in total. The number of benzene rings is 7. The van der Waals surface area contributed by atoms with Crippen molar-refractivity contribution in [2.75, 3.05) is 40.2 Å². The average molecular weight is 846 g/mol. The zero-order chi connectivity index (χ0) is 42.8. The maximum Gasteiger partial charge on any atom is 0.330 e. The molecule has 8 aromatic rings. The Labute approximate surface area is 359 Å². The van der Waals surface area contributed by atoms with Crippen LogP contribution in [0.25, 0.3) is 37.2 Å². The first-order valence-electron chi connectivity index (χ1n) is 20.3. The van der Waals surface area contributed by atoms with Crippen molar-refractivity contribution in [3.05, 3.63) is 195 Å². The maximum atomic E-state index is 13.7. The van der Waals surface area contributed by atoms with Crippen molar-refractivity contribution in [2.24, 2.45) is 0 Å². The highest BCUT2D eigenvalue weighted by Crippen LogP contribution is 2.47. The summed E-state index contributed by atoms with van der Waals surface area (Å²) >= 11 is 0. The summed E-state index contributed by atoms with van der Waals surface area (Å²) in [5, 5.41) is 6.39. The van der Waals surface area contributed by atoms with Crippen LogP contribution in [0, 0.1) is 6.57 Å². The number of rotatable bonds is 15. The minimum Gasteiger partial charge on any atom is -0.497 e. The fraction of sp³-hybridized carbons (Fsp3) is 0.220. The first-order valence-corrected chi connectivity index (χ1v) is 22.2. The van der Waals surface area contributed by atoms with Crippen molar-refractivity contribution in [3.63, 3.8) is 0 Å². The van der Waals surface area contributed by atoms with Gasteiger partial charge in [-0.3, -0.25) is 14.3 Å². The lowest BCUT2D eigenvalue weighted by molar-refractivity contribution is -0.0929. The molecule has 2 heterocycles. The number of ether oxygens (including phenoxy) is 5. The van der Waals surface area contributed by atoms with Crippen LogP contribution in [0.1, 0.15) is 22.9 Å². The maximum absolute atomic E-state index is 13.7. The van der Waals surface area contributed by atoms with Crippen molar-refractivity contribution in [1.82, 2.24) is 9.55 Å². The summed E-state index contributed by atoms with van der Waals surface area (Å²) < 4.78 is 40.9. The molecule has 1 aliphatic heterocycles. The largest absolute Gasteiger partial charge is 0.497 e. The van der Waals surface area contributed by atoms with Gasteiger partial charge in [-0.15, -0.1) is 0 Å². The quantitative estimate of drug-likeness (QED) is 0.0471. The number of aromatic amines is 1. The summed E-state index contributed by atoms with van der Waals surface area (Å²) in [5.41, 5.74) is 0.127. The van der Waals surface area contributed by atoms with Gasteiger partial charge >= 0.3 is 5.69 Å². The van der Waals surface area contributed by atoms with E-state index in [1.165, 1.54) is 16.8 Å². The minimum atomic E-state index is -1.19. The summed E-state index contributed by atoms with van der Waals surface area (Å²) in [6.07, 6.45) is -1.67. The highest BCUT2D eigenvalue weighted by atomic mass is 31.1. The predicted octanol–water partition coefficient (Wildman–Crippen LogP) is 9.14. The van der Waals surface area contributed by atoms with Crippen LogP contribution in [0.15, 0.2) is 155 Å². The van der Waals surface area contributed by atoms with Crippen LogP contribution in [-0.4, -0.2) is 68.1 Å². The molecule has 0 saturated carbocycles. The molecule has 1 fully saturated rings. The lowest BCUT2D eigenvalue weighted by Gasteiger charge is -2.37. The molecule has 62 heavy (non-hydrogen) atoms. The van der Waals surface area contributed by atoms with Gasteiger partial charge in [-0.25, -0.2) is 11.4 Å². The Hall–Kier alpha value is -6.54. The van der Waals surface area contributed by atoms with Gasteiger partial charge in [-0.1, -0.05) is 97.1 Å². The van der Waals surface area contributed by atoms with Crippen molar-refractivity contribution in [2.45, 2.75) is 30.1 Å². The normalized spacial score (nSPS) is 18.2. The number of methoxy groups -OCH3 is 2. The molecule has 312 valence electrons. The second kappa shape index (κ2) is 17.4. The summed E-state index contributed by atoms with van der Waals surface area (Å²) in [6.45, 7) is 9.75. The zero-order valence-corrected chi connectivity index (χ0v) is 35.3. The van der Waals surface area contributed by atoms with Crippen LogP contribution in [0.5, 0.6) is 17.2 Å². The average Bonchev–Trinajstić information content (AvgIpc) is 3.63. The number of aromatic nitrogens is 2. The van der Waals surface area contributed by atoms with Crippen LogP contribution >= 0.6 is 8.15 Å². The van der Waals surface area contributed by atoms with Crippen LogP contribution in [0.4, 0.5) is 0 Å². The van der Waals surface area contributed by atoms with Gasteiger partial charge in [-0.2, -0.15) is 0 Å². The summed E-state index contributed by atoms with van der Waals surface area (Å²) in [7, 11) is 2.08. The van der Waals surface area contributed by atoms with Crippen molar-refractivity contribution in [3.8, 4) is 17.2 Å². The van der Waals surface area contributed by atoms with E-state index in [0.717, 1.165) is 49.0 Å². The molecular weight excluding hydrogens is 802 g/mol. The Morgan fingerprint density at radius 3 is 1.97 bits per heavy atom. The van der Waals surface area contributed by atoms with Gasteiger partial charge in [0.15, 0.2) is 12.3 Å². The number of nitrogens with one attached hydrogen (secondary N) is 1. The van der Waals surface area contributed by atoms with Gasteiger partial charge in [0.05, 0.1) is 27.0 Å². The summed E-state index contributed by atoms with van der Waals surface area (Å²) in [5.74, 6) is 1.96. The van der Waals surface area contributed by atoms with E-state index in [4.69, 9.17) is 34.8 Å². The first-order chi connectivity index (χ1) is 30.3. The SMILES string of the molecule is [C-]#[N+]CCP(C)OC1[C@@H](COC(c2ccccc2)(c2ccc(OC)cc2)c2ccc(OC)cc2)O[C@@H](n2ccc(=O)[nH]c2=O)[C@H]1Oc1ccc2ccc3cccc4ccc1c2c34. The Bertz CT molecular complexity index is 2920. The van der Waals surface area contributed by atoms with Gasteiger partial charge in [0.2, 0.25) is 6.54 Å². The lowest BCUT2D eigenvalue weighted by atomic mass is 9.80. The molecule has 5 atom stereocenters. The van der Waals surface area contributed by atoms with E-state index in [0.29, 0.717) is 23.4 Å². The second-order valence-corrected chi connectivity index (χ2v) is 17.1. The Morgan fingerprint density at radius 2 is 1.34 bits per heavy atom. The zero-order valence-electron chi connectivity index (χ0n) is 34.4. The van der Waals surface area contributed by atoms with Crippen LogP contribution in [-0.2, 0) is 19.6 Å². The van der Waals surface area contributed by atoms with E-state index < -0.39 is 49.5 Å². The third-order valence-corrected chi connectivity index (χ3v) is 13.1. The predicted molar refractivity (Wildman–Crippen MR) is 242 cm³/mol. The first kappa shape index (κ1) is 40.8. The number of hydrogen-bond donors (Lipinski definition) is 1. The van der Waals surface area contributed by atoms with Gasteiger partial charge < -0.3 is 33.1 Å². The molecule has 9 rings (SSSR count). The molecule has 11 nitrogen and oxygen atoms in total. The molecule has 12 heteroatoms. The third-order valence-electron chi connectivity index (χ3n) is 11.6. The topological polar surface area (TPSA) is 115 Å². The van der Waals surface area contributed by atoms with Crippen LogP contribution < -0.4 is 25.5 Å². The molecule has 7 aromatic carbocycles. The summed E-state index contributed by atoms with van der Waals surface area (Å²) in [6, 6.07) is 45.4. The molecule has 0 amide bonds. The third kappa shape index (κ3) is 7.56. The monoisotopic (exact) mass is 845 g/mol. The molecule has 0 bridgehead atoms. The number of nitrogens with zero attached hydrogens (tertiary/aromatic N) is 2. The Morgan fingerprint density at radius 1 is 0.726 bits per heavy atom. The van der Waals surface area contributed by atoms with Crippen LogP contribution in [0.3, 0.4) is 0 Å². The van der Waals surface area contributed by atoms with E-state index in [1.54, 1.807) is 14.2 Å². The molecule has 0 spiro atoms. The highest BCUT2D eigenvalue weighted by molar-refractivity contribution is 7.51. The van der Waals surface area contributed by atoms with Gasteiger partial charge in [0, 0.05) is 31.2 Å². The summed E-state index contributed by atoms with van der Waals surface area (Å²) in [4.78, 5) is 32.1. The molecule has 0 radical (unpaired) electrons.